The molecule has 2 fully saturated rings. The van der Waals surface area contributed by atoms with Crippen molar-refractivity contribution in [3.63, 3.8) is 0 Å². The Morgan fingerprint density at radius 1 is 1.36 bits per heavy atom. The van der Waals surface area contributed by atoms with Gasteiger partial charge in [-0.2, -0.15) is 0 Å². The van der Waals surface area contributed by atoms with Gasteiger partial charge < -0.3 is 19.4 Å². The molecule has 0 saturated carbocycles. The Hall–Kier alpha value is -2.12. The number of carbonyl (C=O) groups is 2. The Balaban J connectivity index is 1.65. The highest BCUT2D eigenvalue weighted by Crippen LogP contribution is 2.70. The highest BCUT2D eigenvalue weighted by atomic mass is 79.9. The molecule has 1 aromatic heterocycles. The van der Waals surface area contributed by atoms with Crippen molar-refractivity contribution in [2.45, 2.75) is 42.0 Å². The predicted molar refractivity (Wildman–Crippen MR) is 105 cm³/mol. The number of rotatable bonds is 1. The van der Waals surface area contributed by atoms with E-state index in [0.29, 0.717) is 12.8 Å². The molecule has 144 valence electrons. The quantitative estimate of drug-likeness (QED) is 0.418. The number of esters is 1. The average molecular weight is 443 g/mol. The number of hydrogen-bond donors (Lipinski definition) is 1. The summed E-state index contributed by atoms with van der Waals surface area (Å²) in [7, 11) is 1.37. The van der Waals surface area contributed by atoms with E-state index in [-0.39, 0.29) is 11.9 Å². The molecule has 2 saturated heterocycles. The monoisotopic (exact) mass is 442 g/mol. The fourth-order valence-corrected chi connectivity index (χ4v) is 6.84. The molecular formula is C21H19BrN2O4. The first-order valence-corrected chi connectivity index (χ1v) is 10.2. The molecule has 1 spiro atoms. The zero-order valence-corrected chi connectivity index (χ0v) is 17.1. The average Bonchev–Trinajstić information content (AvgIpc) is 3.34. The number of ether oxygens (including phenoxy) is 2. The standard InChI is InChI=1S/C21H19BrN2O4/c1-19-10-20(22)7-8-21(19,28-20)16-15-12(11-5-3-4-6-13(11)23-15)9-14(17(25)27-2)24(16)18(19)26/h3-8,14,16,23H,9-10H2,1-2H3. The first kappa shape index (κ1) is 16.8. The number of methoxy groups -OCH3 is 1. The minimum atomic E-state index is -0.824. The van der Waals surface area contributed by atoms with E-state index in [4.69, 9.17) is 9.47 Å². The van der Waals surface area contributed by atoms with Gasteiger partial charge in [-0.1, -0.05) is 18.2 Å². The first-order chi connectivity index (χ1) is 13.3. The number of alkyl halides is 1. The van der Waals surface area contributed by atoms with Crippen LogP contribution in [0.25, 0.3) is 10.9 Å². The molecule has 28 heavy (non-hydrogen) atoms. The summed E-state index contributed by atoms with van der Waals surface area (Å²) >= 11 is 3.67. The van der Waals surface area contributed by atoms with E-state index in [1.807, 2.05) is 37.3 Å². The lowest BCUT2D eigenvalue weighted by molar-refractivity contribution is -0.155. The third kappa shape index (κ3) is 1.66. The van der Waals surface area contributed by atoms with Crippen molar-refractivity contribution in [3.05, 3.63) is 47.7 Å². The minimum absolute atomic E-state index is 0.0529. The Labute approximate surface area is 170 Å². The van der Waals surface area contributed by atoms with Crippen molar-refractivity contribution < 1.29 is 19.1 Å². The van der Waals surface area contributed by atoms with Gasteiger partial charge in [0.1, 0.15) is 22.2 Å². The molecule has 6 rings (SSSR count). The summed E-state index contributed by atoms with van der Waals surface area (Å²) in [5.41, 5.74) is 1.45. The van der Waals surface area contributed by atoms with Crippen molar-refractivity contribution in [1.29, 1.82) is 0 Å². The molecule has 6 nitrogen and oxygen atoms in total. The lowest BCUT2D eigenvalue weighted by Crippen LogP contribution is -2.51. The number of amides is 1. The number of H-pyrrole nitrogens is 1. The molecule has 2 bridgehead atoms. The molecule has 1 N–H and O–H groups in total. The molecule has 5 unspecified atom stereocenters. The fraction of sp³-hybridized carbons (Fsp3) is 0.429. The first-order valence-electron chi connectivity index (χ1n) is 9.43. The summed E-state index contributed by atoms with van der Waals surface area (Å²) in [5.74, 6) is -0.441. The number of aromatic nitrogens is 1. The van der Waals surface area contributed by atoms with Gasteiger partial charge in [0, 0.05) is 29.4 Å². The van der Waals surface area contributed by atoms with Gasteiger partial charge in [-0.15, -0.1) is 0 Å². The van der Waals surface area contributed by atoms with Gasteiger partial charge in [-0.3, -0.25) is 4.79 Å². The van der Waals surface area contributed by atoms with Crippen LogP contribution in [0.4, 0.5) is 0 Å². The van der Waals surface area contributed by atoms with Gasteiger partial charge in [-0.05, 0) is 46.6 Å². The summed E-state index contributed by atoms with van der Waals surface area (Å²) in [6.07, 6.45) is 4.98. The van der Waals surface area contributed by atoms with Crippen LogP contribution in [-0.2, 0) is 25.5 Å². The van der Waals surface area contributed by atoms with Crippen LogP contribution >= 0.6 is 15.9 Å². The number of nitrogens with zero attached hydrogens (tertiary/aromatic N) is 1. The maximum absolute atomic E-state index is 13.7. The molecule has 0 radical (unpaired) electrons. The Morgan fingerprint density at radius 2 is 2.14 bits per heavy atom. The minimum Gasteiger partial charge on any atom is -0.467 e. The number of hydrogen-bond acceptors (Lipinski definition) is 4. The predicted octanol–water partition coefficient (Wildman–Crippen LogP) is 2.98. The number of halogens is 1. The van der Waals surface area contributed by atoms with Crippen molar-refractivity contribution in [1.82, 2.24) is 9.88 Å². The summed E-state index contributed by atoms with van der Waals surface area (Å²) in [6.45, 7) is 1.96. The maximum atomic E-state index is 13.7. The molecule has 0 aliphatic carbocycles. The van der Waals surface area contributed by atoms with E-state index in [0.717, 1.165) is 22.2 Å². The third-order valence-electron chi connectivity index (χ3n) is 7.09. The number of carbonyl (C=O) groups excluding carboxylic acids is 2. The topological polar surface area (TPSA) is 71.6 Å². The number of benzene rings is 1. The maximum Gasteiger partial charge on any atom is 0.328 e. The van der Waals surface area contributed by atoms with Crippen LogP contribution in [0.2, 0.25) is 0 Å². The Morgan fingerprint density at radius 3 is 2.89 bits per heavy atom. The van der Waals surface area contributed by atoms with Crippen LogP contribution in [0.3, 0.4) is 0 Å². The Kier molecular flexibility index (Phi) is 2.93. The van der Waals surface area contributed by atoms with Gasteiger partial charge >= 0.3 is 5.97 Å². The fourth-order valence-electron chi connectivity index (χ4n) is 5.88. The molecular weight excluding hydrogens is 424 g/mol. The highest BCUT2D eigenvalue weighted by Gasteiger charge is 2.78. The van der Waals surface area contributed by atoms with Gasteiger partial charge in [0.15, 0.2) is 0 Å². The zero-order valence-electron chi connectivity index (χ0n) is 15.5. The molecule has 2 aromatic rings. The van der Waals surface area contributed by atoms with E-state index >= 15 is 0 Å². The second kappa shape index (κ2) is 4.89. The van der Waals surface area contributed by atoms with Gasteiger partial charge in [-0.25, -0.2) is 4.79 Å². The highest BCUT2D eigenvalue weighted by molar-refractivity contribution is 9.10. The summed E-state index contributed by atoms with van der Waals surface area (Å²) in [4.78, 5) is 31.7. The van der Waals surface area contributed by atoms with E-state index in [1.54, 1.807) is 4.90 Å². The lowest BCUT2D eigenvalue weighted by Gasteiger charge is -2.40. The molecule has 5 atom stereocenters. The normalized spacial score (nSPS) is 40.0. The zero-order chi connectivity index (χ0) is 19.5. The van der Waals surface area contributed by atoms with E-state index in [1.165, 1.54) is 7.11 Å². The smallest absolute Gasteiger partial charge is 0.328 e. The van der Waals surface area contributed by atoms with E-state index in [9.17, 15) is 9.59 Å². The molecule has 1 aromatic carbocycles. The van der Waals surface area contributed by atoms with E-state index in [2.05, 4.69) is 27.0 Å². The van der Waals surface area contributed by atoms with E-state index < -0.39 is 27.6 Å². The second-order valence-electron chi connectivity index (χ2n) is 8.44. The van der Waals surface area contributed by atoms with Crippen molar-refractivity contribution in [3.8, 4) is 0 Å². The van der Waals surface area contributed by atoms with Crippen LogP contribution in [-0.4, -0.2) is 45.0 Å². The second-order valence-corrected chi connectivity index (χ2v) is 9.79. The number of nitrogens with one attached hydrogen (secondary N) is 1. The molecule has 1 amide bonds. The van der Waals surface area contributed by atoms with Crippen LogP contribution in [0.5, 0.6) is 0 Å². The van der Waals surface area contributed by atoms with Gasteiger partial charge in [0.05, 0.1) is 12.5 Å². The number of aromatic amines is 1. The van der Waals surface area contributed by atoms with Crippen LogP contribution in [0.1, 0.15) is 30.6 Å². The number of fused-ring (bicyclic) bond motifs is 6. The summed E-state index contributed by atoms with van der Waals surface area (Å²) in [5, 5.41) is 1.08. The van der Waals surface area contributed by atoms with Crippen LogP contribution < -0.4 is 0 Å². The molecule has 4 aliphatic heterocycles. The van der Waals surface area contributed by atoms with Gasteiger partial charge in [0.25, 0.3) is 0 Å². The van der Waals surface area contributed by atoms with Crippen LogP contribution in [0, 0.1) is 5.41 Å². The third-order valence-corrected chi connectivity index (χ3v) is 7.80. The van der Waals surface area contributed by atoms with Crippen LogP contribution in [0.15, 0.2) is 36.4 Å². The van der Waals surface area contributed by atoms with Crippen molar-refractivity contribution in [2.24, 2.45) is 5.41 Å². The molecule has 7 heteroatoms. The van der Waals surface area contributed by atoms with Crippen molar-refractivity contribution >= 4 is 38.7 Å². The van der Waals surface area contributed by atoms with Gasteiger partial charge in [0.2, 0.25) is 5.91 Å². The summed E-state index contributed by atoms with van der Waals surface area (Å²) < 4.78 is 11.0. The molecule has 5 heterocycles. The molecule has 4 aliphatic rings. The summed E-state index contributed by atoms with van der Waals surface area (Å²) in [6, 6.07) is 6.98. The SMILES string of the molecule is COC(=O)C1Cc2c([nH]c3ccccc23)C2N1C(=O)C1(C)CC3(Br)C=CC21O3. The Bertz CT molecular complexity index is 1110. The largest absolute Gasteiger partial charge is 0.467 e. The number of para-hydroxylation sites is 1. The van der Waals surface area contributed by atoms with Crippen molar-refractivity contribution in [2.75, 3.05) is 7.11 Å². The lowest BCUT2D eigenvalue weighted by atomic mass is 9.68.